The van der Waals surface area contributed by atoms with Crippen molar-refractivity contribution in [2.75, 3.05) is 14.2 Å². The Hall–Kier alpha value is -2.29. The van der Waals surface area contributed by atoms with Crippen LogP contribution in [-0.2, 0) is 14.3 Å². The highest BCUT2D eigenvalue weighted by molar-refractivity contribution is 14.1. The minimum Gasteiger partial charge on any atom is -0.497 e. The van der Waals surface area contributed by atoms with Gasteiger partial charge in [0, 0.05) is 0 Å². The van der Waals surface area contributed by atoms with E-state index in [2.05, 4.69) is 22.6 Å². The summed E-state index contributed by atoms with van der Waals surface area (Å²) in [4.78, 5) is 27.1. The van der Waals surface area contributed by atoms with Gasteiger partial charge in [0.1, 0.15) is 11.7 Å². The lowest BCUT2D eigenvalue weighted by Gasteiger charge is -2.50. The van der Waals surface area contributed by atoms with Crippen LogP contribution in [0.3, 0.4) is 0 Å². The molecule has 0 aromatic heterocycles. The van der Waals surface area contributed by atoms with Crippen LogP contribution in [0.1, 0.15) is 32.6 Å². The molecular formula is C20H18INO5. The van der Waals surface area contributed by atoms with Crippen LogP contribution in [-0.4, -0.2) is 37.4 Å². The van der Waals surface area contributed by atoms with Crippen LogP contribution in [0, 0.1) is 0 Å². The maximum atomic E-state index is 12.9. The van der Waals surface area contributed by atoms with Crippen LogP contribution in [0.4, 0.5) is 4.79 Å². The molecule has 4 atom stereocenters. The number of hydrogen-bond acceptors (Lipinski definition) is 5. The first-order valence-corrected chi connectivity index (χ1v) is 9.75. The van der Waals surface area contributed by atoms with E-state index in [1.165, 1.54) is 7.11 Å². The summed E-state index contributed by atoms with van der Waals surface area (Å²) in [5, 5.41) is 0. The molecule has 2 aromatic carbocycles. The molecule has 0 N–H and O–H groups in total. The molecule has 27 heavy (non-hydrogen) atoms. The maximum absolute atomic E-state index is 12.9. The van der Waals surface area contributed by atoms with Gasteiger partial charge in [-0.1, -0.05) is 59.0 Å². The lowest BCUT2D eigenvalue weighted by molar-refractivity contribution is -0.178. The monoisotopic (exact) mass is 479 g/mol. The largest absolute Gasteiger partial charge is 0.497 e. The van der Waals surface area contributed by atoms with Crippen molar-refractivity contribution in [3.8, 4) is 5.75 Å². The molecule has 0 unspecified atom stereocenters. The third-order valence-electron chi connectivity index (χ3n) is 5.10. The van der Waals surface area contributed by atoms with Gasteiger partial charge in [-0.3, -0.25) is 9.69 Å². The molecule has 2 aromatic rings. The quantitative estimate of drug-likeness (QED) is 0.371. The molecule has 0 saturated carbocycles. The molecule has 2 bridgehead atoms. The third-order valence-corrected chi connectivity index (χ3v) is 6.39. The maximum Gasteiger partial charge on any atom is 0.412 e. The van der Waals surface area contributed by atoms with Gasteiger partial charge < -0.3 is 14.2 Å². The first-order chi connectivity index (χ1) is 13.1. The fourth-order valence-electron chi connectivity index (χ4n) is 3.86. The molecule has 2 aliphatic rings. The van der Waals surface area contributed by atoms with Crippen LogP contribution in [0.5, 0.6) is 5.75 Å². The summed E-state index contributed by atoms with van der Waals surface area (Å²) >= 11 is 2.22. The van der Waals surface area contributed by atoms with Gasteiger partial charge >= 0.3 is 12.1 Å². The standard InChI is InChI=1S/C20H18INO5/c1-25-12-9-7-11(8-10-12)15-17-14-6-4-3-5-13(14)16(21)18(27-19(15)23)22(17)20(24)26-2/h3-10,15-18H,1-2H3/t15-,16+,17-,18-/m1/s1. The van der Waals surface area contributed by atoms with Gasteiger partial charge in [0.2, 0.25) is 0 Å². The van der Waals surface area contributed by atoms with Crippen molar-refractivity contribution in [1.82, 2.24) is 4.90 Å². The predicted octanol–water partition coefficient (Wildman–Crippen LogP) is 3.96. The number of nitrogens with zero attached hydrogens (tertiary/aromatic N) is 1. The Labute approximate surface area is 170 Å². The highest BCUT2D eigenvalue weighted by Gasteiger charge is 2.54. The topological polar surface area (TPSA) is 65.1 Å². The molecule has 1 fully saturated rings. The Morgan fingerprint density at radius 3 is 2.37 bits per heavy atom. The van der Waals surface area contributed by atoms with Crippen LogP contribution >= 0.6 is 22.6 Å². The van der Waals surface area contributed by atoms with Crippen LogP contribution in [0.25, 0.3) is 0 Å². The Kier molecular flexibility index (Phi) is 4.71. The number of amides is 1. The number of fused-ring (bicyclic) bond motifs is 4. The van der Waals surface area contributed by atoms with Crippen molar-refractivity contribution >= 4 is 34.7 Å². The van der Waals surface area contributed by atoms with Crippen molar-refractivity contribution in [3.63, 3.8) is 0 Å². The Balaban J connectivity index is 1.88. The van der Waals surface area contributed by atoms with Crippen LogP contribution in [0.15, 0.2) is 48.5 Å². The normalized spacial score (nSPS) is 26.0. The second-order valence-electron chi connectivity index (χ2n) is 6.43. The first kappa shape index (κ1) is 18.1. The molecule has 2 heterocycles. The average Bonchev–Trinajstić information content (AvgIpc) is 2.71. The number of hydrogen-bond donors (Lipinski definition) is 0. The first-order valence-electron chi connectivity index (χ1n) is 8.50. The molecule has 1 amide bonds. The fourth-order valence-corrected chi connectivity index (χ4v) is 4.92. The summed E-state index contributed by atoms with van der Waals surface area (Å²) in [5.74, 6) is -0.287. The van der Waals surface area contributed by atoms with Gasteiger partial charge in [0.15, 0.2) is 6.23 Å². The smallest absolute Gasteiger partial charge is 0.412 e. The third kappa shape index (κ3) is 2.84. The minimum atomic E-state index is -0.694. The number of methoxy groups -OCH3 is 2. The lowest BCUT2D eigenvalue weighted by Crippen LogP contribution is -2.57. The average molecular weight is 479 g/mol. The van der Waals surface area contributed by atoms with Gasteiger partial charge in [-0.2, -0.15) is 0 Å². The van der Waals surface area contributed by atoms with Crippen LogP contribution in [0.2, 0.25) is 0 Å². The number of alkyl halides is 1. The van der Waals surface area contributed by atoms with Crippen molar-refractivity contribution in [2.45, 2.75) is 22.1 Å². The zero-order valence-electron chi connectivity index (χ0n) is 14.8. The van der Waals surface area contributed by atoms with Crippen molar-refractivity contribution in [3.05, 3.63) is 65.2 Å². The zero-order valence-corrected chi connectivity index (χ0v) is 17.0. The molecule has 0 spiro atoms. The Morgan fingerprint density at radius 2 is 1.74 bits per heavy atom. The number of ether oxygens (including phenoxy) is 3. The number of halogens is 1. The van der Waals surface area contributed by atoms with E-state index in [0.29, 0.717) is 5.75 Å². The van der Waals surface area contributed by atoms with Gasteiger partial charge in [0.05, 0.1) is 24.2 Å². The van der Waals surface area contributed by atoms with E-state index in [-0.39, 0.29) is 9.89 Å². The molecule has 1 saturated heterocycles. The summed E-state index contributed by atoms with van der Waals surface area (Å²) in [6.07, 6.45) is -1.20. The van der Waals surface area contributed by atoms with Crippen molar-refractivity contribution in [2.24, 2.45) is 0 Å². The molecule has 4 rings (SSSR count). The zero-order chi connectivity index (χ0) is 19.1. The van der Waals surface area contributed by atoms with Gasteiger partial charge in [0.25, 0.3) is 0 Å². The summed E-state index contributed by atoms with van der Waals surface area (Å²) in [5.41, 5.74) is 2.77. The summed E-state index contributed by atoms with van der Waals surface area (Å²) in [7, 11) is 2.93. The van der Waals surface area contributed by atoms with Gasteiger partial charge in [-0.25, -0.2) is 4.79 Å². The summed E-state index contributed by atoms with van der Waals surface area (Å²) in [6, 6.07) is 14.6. The fraction of sp³-hybridized carbons (Fsp3) is 0.300. The highest BCUT2D eigenvalue weighted by Crippen LogP contribution is 2.52. The van der Waals surface area contributed by atoms with E-state index in [1.54, 1.807) is 24.1 Å². The molecule has 7 heteroatoms. The predicted molar refractivity (Wildman–Crippen MR) is 106 cm³/mol. The number of carbonyl (C=O) groups is 2. The summed E-state index contributed by atoms with van der Waals surface area (Å²) in [6.45, 7) is 0. The molecule has 6 nitrogen and oxygen atoms in total. The second-order valence-corrected chi connectivity index (χ2v) is 7.77. The van der Waals surface area contributed by atoms with E-state index in [4.69, 9.17) is 14.2 Å². The highest BCUT2D eigenvalue weighted by atomic mass is 127. The van der Waals surface area contributed by atoms with E-state index in [9.17, 15) is 9.59 Å². The molecule has 0 radical (unpaired) electrons. The molecule has 140 valence electrons. The number of esters is 1. The van der Waals surface area contributed by atoms with Crippen molar-refractivity contribution in [1.29, 1.82) is 0 Å². The van der Waals surface area contributed by atoms with E-state index in [1.807, 2.05) is 36.4 Å². The van der Waals surface area contributed by atoms with Gasteiger partial charge in [-0.05, 0) is 28.8 Å². The molecule has 2 aliphatic heterocycles. The van der Waals surface area contributed by atoms with Gasteiger partial charge in [-0.15, -0.1) is 0 Å². The second kappa shape index (κ2) is 7.03. The van der Waals surface area contributed by atoms with E-state index < -0.39 is 24.3 Å². The Bertz CT molecular complexity index is 884. The Morgan fingerprint density at radius 1 is 1.07 bits per heavy atom. The van der Waals surface area contributed by atoms with E-state index >= 15 is 0 Å². The summed E-state index contributed by atoms with van der Waals surface area (Å²) < 4.78 is 15.8. The van der Waals surface area contributed by atoms with Crippen LogP contribution < -0.4 is 4.74 Å². The van der Waals surface area contributed by atoms with E-state index in [0.717, 1.165) is 16.7 Å². The SMILES string of the molecule is COC(=O)N1[C@@H]2OC(=O)[C@H](c3ccc(OC)cc3)[C@H]1c1ccccc1[C@@H]2I. The van der Waals surface area contributed by atoms with Crippen molar-refractivity contribution < 1.29 is 23.8 Å². The minimum absolute atomic E-state index is 0.171. The molecule has 0 aliphatic carbocycles. The number of rotatable bonds is 2. The lowest BCUT2D eigenvalue weighted by atomic mass is 9.79. The number of carbonyl (C=O) groups excluding carboxylic acids is 2. The molecular weight excluding hydrogens is 461 g/mol. The number of benzene rings is 2.